The molecule has 0 radical (unpaired) electrons. The Labute approximate surface area is 149 Å². The van der Waals surface area contributed by atoms with E-state index in [1.165, 1.54) is 27.5 Å². The first-order valence-electron chi connectivity index (χ1n) is 9.12. The molecule has 0 bridgehead atoms. The van der Waals surface area contributed by atoms with Gasteiger partial charge in [0.2, 0.25) is 0 Å². The highest BCUT2D eigenvalue weighted by Crippen LogP contribution is 2.42. The standard InChI is InChI=1S/C22H34OSi/c1-13(2)19-11-14(3)12-20(21(19)23-8)24(9,10)22-17(6)15(4)16(5)18(22)7/h11-13,17H,1-10H3. The van der Waals surface area contributed by atoms with Crippen LogP contribution in [0.3, 0.4) is 0 Å². The Morgan fingerprint density at radius 1 is 1.00 bits per heavy atom. The molecule has 0 saturated heterocycles. The molecule has 0 spiro atoms. The molecule has 1 aromatic rings. The van der Waals surface area contributed by atoms with E-state index in [-0.39, 0.29) is 0 Å². The van der Waals surface area contributed by atoms with Gasteiger partial charge in [-0.05, 0) is 55.9 Å². The first kappa shape index (κ1) is 19.0. The quantitative estimate of drug-likeness (QED) is 0.620. The molecule has 0 amide bonds. The third kappa shape index (κ3) is 2.90. The van der Waals surface area contributed by atoms with Gasteiger partial charge in [0.1, 0.15) is 13.8 Å². The molecule has 1 atom stereocenters. The number of hydrogen-bond acceptors (Lipinski definition) is 1. The molecule has 1 aliphatic carbocycles. The van der Waals surface area contributed by atoms with Crippen LogP contribution in [0.1, 0.15) is 58.6 Å². The van der Waals surface area contributed by atoms with Crippen LogP contribution in [0.25, 0.3) is 0 Å². The third-order valence-electron chi connectivity index (χ3n) is 6.08. The van der Waals surface area contributed by atoms with Gasteiger partial charge in [0.05, 0.1) is 7.11 Å². The predicted molar refractivity (Wildman–Crippen MR) is 109 cm³/mol. The van der Waals surface area contributed by atoms with E-state index in [1.807, 2.05) is 7.11 Å². The van der Waals surface area contributed by atoms with Gasteiger partial charge in [-0.1, -0.05) is 67.9 Å². The van der Waals surface area contributed by atoms with Crippen molar-refractivity contribution in [3.05, 3.63) is 45.2 Å². The molecule has 1 nitrogen and oxygen atoms in total. The number of benzene rings is 1. The van der Waals surface area contributed by atoms with Gasteiger partial charge in [-0.3, -0.25) is 0 Å². The van der Waals surface area contributed by atoms with Crippen LogP contribution in [0.5, 0.6) is 5.75 Å². The van der Waals surface area contributed by atoms with Crippen molar-refractivity contribution in [2.24, 2.45) is 5.92 Å². The predicted octanol–water partition coefficient (Wildman–Crippen LogP) is 5.88. The topological polar surface area (TPSA) is 9.23 Å². The zero-order chi connectivity index (χ0) is 18.4. The molecule has 2 rings (SSSR count). The lowest BCUT2D eigenvalue weighted by Gasteiger charge is -2.33. The molecule has 0 saturated carbocycles. The van der Waals surface area contributed by atoms with Crippen molar-refractivity contribution < 1.29 is 4.74 Å². The van der Waals surface area contributed by atoms with E-state index in [9.17, 15) is 0 Å². The van der Waals surface area contributed by atoms with E-state index >= 15 is 0 Å². The monoisotopic (exact) mass is 342 g/mol. The van der Waals surface area contributed by atoms with Crippen LogP contribution < -0.4 is 9.92 Å². The lowest BCUT2D eigenvalue weighted by molar-refractivity contribution is 0.410. The van der Waals surface area contributed by atoms with Crippen molar-refractivity contribution in [3.8, 4) is 5.75 Å². The maximum Gasteiger partial charge on any atom is 0.121 e. The van der Waals surface area contributed by atoms with Gasteiger partial charge >= 0.3 is 0 Å². The number of allylic oxidation sites excluding steroid dienone is 4. The summed E-state index contributed by atoms with van der Waals surface area (Å²) < 4.78 is 5.96. The maximum absolute atomic E-state index is 5.96. The van der Waals surface area contributed by atoms with Crippen molar-refractivity contribution in [2.75, 3.05) is 7.11 Å². The fraction of sp³-hybridized carbons (Fsp3) is 0.545. The van der Waals surface area contributed by atoms with E-state index in [0.717, 1.165) is 5.75 Å². The second-order valence-corrected chi connectivity index (χ2v) is 12.6. The van der Waals surface area contributed by atoms with E-state index in [4.69, 9.17) is 4.74 Å². The van der Waals surface area contributed by atoms with Crippen LogP contribution >= 0.6 is 0 Å². The largest absolute Gasteiger partial charge is 0.497 e. The molecular formula is C22H34OSi. The summed E-state index contributed by atoms with van der Waals surface area (Å²) in [6.07, 6.45) is 0. The minimum absolute atomic E-state index is 0.473. The number of hydrogen-bond donors (Lipinski definition) is 0. The molecule has 0 N–H and O–H groups in total. The summed E-state index contributed by atoms with van der Waals surface area (Å²) in [7, 11) is 0.0146. The third-order valence-corrected chi connectivity index (χ3v) is 9.95. The second kappa shape index (κ2) is 6.55. The van der Waals surface area contributed by atoms with Crippen LogP contribution in [0.15, 0.2) is 34.0 Å². The number of ether oxygens (including phenoxy) is 1. The lowest BCUT2D eigenvalue weighted by Crippen LogP contribution is -2.47. The normalized spacial score (nSPS) is 18.9. The van der Waals surface area contributed by atoms with Gasteiger partial charge < -0.3 is 4.74 Å². The first-order valence-corrected chi connectivity index (χ1v) is 12.1. The molecule has 0 fully saturated rings. The average Bonchev–Trinajstić information content (AvgIpc) is 2.70. The number of methoxy groups -OCH3 is 1. The van der Waals surface area contributed by atoms with Crippen molar-refractivity contribution in [2.45, 2.75) is 67.5 Å². The van der Waals surface area contributed by atoms with Gasteiger partial charge in [0, 0.05) is 0 Å². The smallest absolute Gasteiger partial charge is 0.121 e. The van der Waals surface area contributed by atoms with Gasteiger partial charge in [-0.2, -0.15) is 0 Å². The van der Waals surface area contributed by atoms with Crippen LogP contribution in [0.2, 0.25) is 13.1 Å². The van der Waals surface area contributed by atoms with E-state index in [2.05, 4.69) is 73.7 Å². The summed E-state index contributed by atoms with van der Waals surface area (Å²) in [5, 5.41) is 3.13. The maximum atomic E-state index is 5.96. The molecule has 1 aliphatic rings. The highest BCUT2D eigenvalue weighted by Gasteiger charge is 2.39. The number of rotatable bonds is 4. The molecular weight excluding hydrogens is 308 g/mol. The zero-order valence-corrected chi connectivity index (χ0v) is 18.2. The van der Waals surface area contributed by atoms with Crippen LogP contribution in [-0.4, -0.2) is 15.2 Å². The first-order chi connectivity index (χ1) is 11.0. The van der Waals surface area contributed by atoms with E-state index in [0.29, 0.717) is 11.8 Å². The molecule has 0 heterocycles. The summed E-state index contributed by atoms with van der Waals surface area (Å²) in [4.78, 5) is 0. The number of aryl methyl sites for hydroxylation is 1. The Kier molecular flexibility index (Phi) is 5.20. The van der Waals surface area contributed by atoms with Crippen LogP contribution in [0.4, 0.5) is 0 Å². The Balaban J connectivity index is 2.72. The molecule has 1 unspecified atom stereocenters. The van der Waals surface area contributed by atoms with E-state index in [1.54, 1.807) is 10.8 Å². The summed E-state index contributed by atoms with van der Waals surface area (Å²) in [5.41, 5.74) is 7.25. The average molecular weight is 343 g/mol. The highest BCUT2D eigenvalue weighted by atomic mass is 28.3. The van der Waals surface area contributed by atoms with Gasteiger partial charge in [0.15, 0.2) is 0 Å². The summed E-state index contributed by atoms with van der Waals surface area (Å²) in [6.45, 7) is 21.0. The fourth-order valence-corrected chi connectivity index (χ4v) is 8.56. The summed E-state index contributed by atoms with van der Waals surface area (Å²) in [5.74, 6) is 2.16. The van der Waals surface area contributed by atoms with Crippen molar-refractivity contribution >= 4 is 13.3 Å². The zero-order valence-electron chi connectivity index (χ0n) is 17.2. The summed E-state index contributed by atoms with van der Waals surface area (Å²) >= 11 is 0. The SMILES string of the molecule is COc1c(C(C)C)cc(C)cc1[Si](C)(C)C1=C(C)C(C)=C(C)C1C. The summed E-state index contributed by atoms with van der Waals surface area (Å²) in [6, 6.07) is 4.68. The van der Waals surface area contributed by atoms with Crippen LogP contribution in [-0.2, 0) is 0 Å². The molecule has 2 heteroatoms. The molecule has 132 valence electrons. The molecule has 24 heavy (non-hydrogen) atoms. The highest BCUT2D eigenvalue weighted by molar-refractivity contribution is 6.96. The van der Waals surface area contributed by atoms with Crippen molar-refractivity contribution in [1.29, 1.82) is 0 Å². The Morgan fingerprint density at radius 3 is 2.00 bits per heavy atom. The Hall–Kier alpha value is -1.28. The molecule has 1 aromatic carbocycles. The fourth-order valence-electron chi connectivity index (χ4n) is 4.44. The lowest BCUT2D eigenvalue weighted by atomic mass is 10.00. The van der Waals surface area contributed by atoms with Crippen LogP contribution in [0, 0.1) is 12.8 Å². The van der Waals surface area contributed by atoms with Gasteiger partial charge in [-0.15, -0.1) is 0 Å². The van der Waals surface area contributed by atoms with Crippen molar-refractivity contribution in [3.63, 3.8) is 0 Å². The van der Waals surface area contributed by atoms with E-state index < -0.39 is 8.07 Å². The molecule has 0 aromatic heterocycles. The van der Waals surface area contributed by atoms with Gasteiger partial charge in [-0.25, -0.2) is 0 Å². The Morgan fingerprint density at radius 2 is 1.58 bits per heavy atom. The molecule has 0 aliphatic heterocycles. The van der Waals surface area contributed by atoms with Crippen molar-refractivity contribution in [1.82, 2.24) is 0 Å². The minimum Gasteiger partial charge on any atom is -0.497 e. The second-order valence-electron chi connectivity index (χ2n) is 8.28. The minimum atomic E-state index is -1.82. The Bertz CT molecular complexity index is 720. The van der Waals surface area contributed by atoms with Gasteiger partial charge in [0.25, 0.3) is 0 Å².